The van der Waals surface area contributed by atoms with Crippen LogP contribution in [0.4, 0.5) is 30.7 Å². The Morgan fingerprint density at radius 3 is 2.09 bits per heavy atom. The molecule has 3 aromatic rings. The monoisotopic (exact) mass is 497 g/mol. The first-order valence-corrected chi connectivity index (χ1v) is 10.7. The Bertz CT molecular complexity index is 1280. The lowest BCUT2D eigenvalue weighted by Gasteiger charge is -2.28. The van der Waals surface area contributed by atoms with Gasteiger partial charge in [0, 0.05) is 31.2 Å². The molecule has 0 aliphatic heterocycles. The fraction of sp³-hybridized carbons (Fsp3) is 0.333. The van der Waals surface area contributed by atoms with Gasteiger partial charge in [0.1, 0.15) is 11.4 Å². The minimum Gasteiger partial charge on any atom is -0.325 e. The van der Waals surface area contributed by atoms with Crippen LogP contribution in [0.1, 0.15) is 12.6 Å². The highest BCUT2D eigenvalue weighted by molar-refractivity contribution is 7.91. The average molecular weight is 497 g/mol. The summed E-state index contributed by atoms with van der Waals surface area (Å²) in [6.45, 7) is 1.28. The Morgan fingerprint density at radius 2 is 1.55 bits per heavy atom. The number of imidazole rings is 1. The van der Waals surface area contributed by atoms with Gasteiger partial charge in [0.25, 0.3) is 0 Å². The van der Waals surface area contributed by atoms with Crippen LogP contribution < -0.4 is 0 Å². The Kier molecular flexibility index (Phi) is 5.98. The third-order valence-electron chi connectivity index (χ3n) is 4.66. The van der Waals surface area contributed by atoms with Crippen LogP contribution >= 0.6 is 0 Å². The van der Waals surface area contributed by atoms with E-state index >= 15 is 0 Å². The van der Waals surface area contributed by atoms with E-state index in [-0.39, 0.29) is 22.2 Å². The second-order valence-electron chi connectivity index (χ2n) is 6.72. The van der Waals surface area contributed by atoms with Gasteiger partial charge in [-0.1, -0.05) is 6.92 Å². The van der Waals surface area contributed by atoms with E-state index in [4.69, 9.17) is 0 Å². The van der Waals surface area contributed by atoms with E-state index in [0.717, 1.165) is 19.3 Å². The van der Waals surface area contributed by atoms with Crippen LogP contribution in [0.5, 0.6) is 0 Å². The average Bonchev–Trinajstić information content (AvgIpc) is 3.15. The van der Waals surface area contributed by atoms with Crippen LogP contribution in [0.15, 0.2) is 41.8 Å². The van der Waals surface area contributed by atoms with Crippen LogP contribution in [-0.2, 0) is 22.8 Å². The van der Waals surface area contributed by atoms with Crippen LogP contribution in [0, 0.1) is 0 Å². The summed E-state index contributed by atoms with van der Waals surface area (Å²) >= 11 is 0. The first-order chi connectivity index (χ1) is 15.1. The van der Waals surface area contributed by atoms with Gasteiger partial charge in [-0.25, -0.2) is 23.4 Å². The number of sulfone groups is 1. The summed E-state index contributed by atoms with van der Waals surface area (Å²) < 4.78 is 119. The molecule has 0 aliphatic rings. The SMILES string of the molecule is CCS(=O)(=O)c1cc(-c2ncccn2)cnc1-c1ncc(C(F)(F)C(F)(F)C(F)(F)F)n1C. The minimum absolute atomic E-state index is 0.0842. The lowest BCUT2D eigenvalue weighted by Crippen LogP contribution is -2.50. The van der Waals surface area contributed by atoms with Crippen molar-refractivity contribution in [3.8, 4) is 22.9 Å². The maximum absolute atomic E-state index is 14.2. The van der Waals surface area contributed by atoms with E-state index in [1.54, 1.807) is 0 Å². The molecule has 0 spiro atoms. The van der Waals surface area contributed by atoms with Gasteiger partial charge in [0.2, 0.25) is 0 Å². The first kappa shape index (κ1) is 24.5. The second kappa shape index (κ2) is 8.04. The largest absolute Gasteiger partial charge is 0.460 e. The van der Waals surface area contributed by atoms with Crippen molar-refractivity contribution in [3.05, 3.63) is 42.6 Å². The van der Waals surface area contributed by atoms with Gasteiger partial charge in [-0.2, -0.15) is 30.7 Å². The van der Waals surface area contributed by atoms with Gasteiger partial charge < -0.3 is 4.57 Å². The molecule has 0 saturated heterocycles. The number of halogens is 7. The quantitative estimate of drug-likeness (QED) is 0.478. The summed E-state index contributed by atoms with van der Waals surface area (Å²) in [5.74, 6) is -13.1. The number of hydrogen-bond acceptors (Lipinski definition) is 6. The summed E-state index contributed by atoms with van der Waals surface area (Å²) in [5.41, 5.74) is -2.16. The maximum atomic E-state index is 14.2. The van der Waals surface area contributed by atoms with E-state index < -0.39 is 55.7 Å². The van der Waals surface area contributed by atoms with E-state index in [2.05, 4.69) is 19.9 Å². The molecule has 0 aromatic carbocycles. The number of hydrogen-bond donors (Lipinski definition) is 0. The fourth-order valence-corrected chi connectivity index (χ4v) is 3.89. The Hall–Kier alpha value is -3.10. The standard InChI is InChI=1S/C18H14F7N5O2S/c1-3-33(31,32)11-7-10(14-26-5-4-6-27-14)8-28-13(11)15-29-9-12(30(15)2)16(19,20)17(21,22)18(23,24)25/h4-9H,3H2,1-2H3. The molecule has 7 nitrogen and oxygen atoms in total. The molecular formula is C18H14F7N5O2S. The molecule has 3 heterocycles. The molecule has 0 atom stereocenters. The lowest BCUT2D eigenvalue weighted by molar-refractivity contribution is -0.360. The van der Waals surface area contributed by atoms with Crippen molar-refractivity contribution in [2.45, 2.75) is 29.8 Å². The second-order valence-corrected chi connectivity index (χ2v) is 8.97. The number of nitrogens with zero attached hydrogens (tertiary/aromatic N) is 5. The molecular weight excluding hydrogens is 483 g/mol. The number of alkyl halides is 7. The third kappa shape index (κ3) is 4.05. The molecule has 0 aliphatic carbocycles. The predicted molar refractivity (Wildman–Crippen MR) is 100 cm³/mol. The highest BCUT2D eigenvalue weighted by Gasteiger charge is 2.74. The van der Waals surface area contributed by atoms with Crippen molar-refractivity contribution < 1.29 is 39.2 Å². The molecule has 33 heavy (non-hydrogen) atoms. The van der Waals surface area contributed by atoms with Crippen LogP contribution in [0.25, 0.3) is 22.9 Å². The normalized spacial score (nSPS) is 13.4. The minimum atomic E-state index is -6.55. The summed E-state index contributed by atoms with van der Waals surface area (Å²) in [5, 5.41) is 0. The van der Waals surface area contributed by atoms with Crippen LogP contribution in [0.2, 0.25) is 0 Å². The van der Waals surface area contributed by atoms with E-state index in [9.17, 15) is 39.2 Å². The molecule has 0 amide bonds. The Morgan fingerprint density at radius 1 is 0.939 bits per heavy atom. The molecule has 0 N–H and O–H groups in total. The van der Waals surface area contributed by atoms with E-state index in [1.165, 1.54) is 25.4 Å². The zero-order valence-electron chi connectivity index (χ0n) is 16.8. The summed E-state index contributed by atoms with van der Waals surface area (Å²) in [6, 6.07) is 2.59. The molecule has 3 aromatic heterocycles. The van der Waals surface area contributed by atoms with E-state index in [0.29, 0.717) is 0 Å². The first-order valence-electron chi connectivity index (χ1n) is 9.00. The zero-order valence-corrected chi connectivity index (χ0v) is 17.6. The Balaban J connectivity index is 2.22. The van der Waals surface area contributed by atoms with Crippen molar-refractivity contribution in [1.29, 1.82) is 0 Å². The lowest BCUT2D eigenvalue weighted by atomic mass is 10.1. The maximum Gasteiger partial charge on any atom is 0.460 e. The van der Waals surface area contributed by atoms with Gasteiger partial charge in [-0.3, -0.25) is 4.98 Å². The highest BCUT2D eigenvalue weighted by Crippen LogP contribution is 2.52. The molecule has 0 saturated carbocycles. The van der Waals surface area contributed by atoms with Crippen LogP contribution in [-0.4, -0.2) is 50.8 Å². The van der Waals surface area contributed by atoms with Crippen molar-refractivity contribution in [2.75, 3.05) is 5.75 Å². The molecule has 15 heteroatoms. The molecule has 3 rings (SSSR count). The molecule has 0 bridgehead atoms. The molecule has 0 radical (unpaired) electrons. The van der Waals surface area contributed by atoms with Crippen molar-refractivity contribution >= 4 is 9.84 Å². The fourth-order valence-electron chi connectivity index (χ4n) is 2.84. The number of pyridine rings is 1. The van der Waals surface area contributed by atoms with Gasteiger partial charge in [-0.05, 0) is 12.1 Å². The van der Waals surface area contributed by atoms with Gasteiger partial charge >= 0.3 is 18.0 Å². The highest BCUT2D eigenvalue weighted by atomic mass is 32.2. The van der Waals surface area contributed by atoms with Gasteiger partial charge in [-0.15, -0.1) is 0 Å². The van der Waals surface area contributed by atoms with Crippen LogP contribution in [0.3, 0.4) is 0 Å². The predicted octanol–water partition coefficient (Wildman–Crippen LogP) is 4.02. The van der Waals surface area contributed by atoms with Crippen molar-refractivity contribution in [3.63, 3.8) is 0 Å². The number of aromatic nitrogens is 5. The molecule has 0 unspecified atom stereocenters. The topological polar surface area (TPSA) is 90.6 Å². The van der Waals surface area contributed by atoms with Crippen molar-refractivity contribution in [1.82, 2.24) is 24.5 Å². The Labute approximate surface area is 182 Å². The zero-order chi connectivity index (χ0) is 24.8. The summed E-state index contributed by atoms with van der Waals surface area (Å²) in [7, 11) is -3.34. The summed E-state index contributed by atoms with van der Waals surface area (Å²) in [6.07, 6.45) is -2.59. The molecule has 0 fully saturated rings. The van der Waals surface area contributed by atoms with Gasteiger partial charge in [0.15, 0.2) is 21.5 Å². The number of rotatable bonds is 6. The smallest absolute Gasteiger partial charge is 0.325 e. The van der Waals surface area contributed by atoms with Crippen molar-refractivity contribution in [2.24, 2.45) is 7.05 Å². The molecule has 178 valence electrons. The summed E-state index contributed by atoms with van der Waals surface area (Å²) in [4.78, 5) is 14.8. The van der Waals surface area contributed by atoms with E-state index in [1.807, 2.05) is 0 Å². The van der Waals surface area contributed by atoms with Gasteiger partial charge in [0.05, 0.1) is 16.8 Å². The third-order valence-corrected chi connectivity index (χ3v) is 6.41.